The average Bonchev–Trinajstić information content (AvgIpc) is 1.87. The zero-order chi connectivity index (χ0) is 9.98. The van der Waals surface area contributed by atoms with Crippen LogP contribution in [0.25, 0.3) is 11.5 Å². The van der Waals surface area contributed by atoms with Crippen LogP contribution >= 0.6 is 0 Å². The fraction of sp³-hybridized carbons (Fsp3) is 0.750. The first-order valence-corrected chi connectivity index (χ1v) is 4.03. The van der Waals surface area contributed by atoms with Crippen LogP contribution in [-0.2, 0) is 42.3 Å². The SMILES string of the molecule is CCCC([NH-])=O.CCCC([NH-])=O.[Y]. The number of carbonyl (C=O) groups is 2. The predicted molar refractivity (Wildman–Crippen MR) is 48.5 cm³/mol. The first-order chi connectivity index (χ1) is 5.54. The zero-order valence-electron chi connectivity index (χ0n) is 8.22. The van der Waals surface area contributed by atoms with Crippen molar-refractivity contribution in [1.82, 2.24) is 0 Å². The fourth-order valence-electron chi connectivity index (χ4n) is 0.454. The molecule has 0 saturated carbocycles. The van der Waals surface area contributed by atoms with E-state index in [2.05, 4.69) is 0 Å². The summed E-state index contributed by atoms with van der Waals surface area (Å²) in [4.78, 5) is 19.4. The van der Waals surface area contributed by atoms with E-state index in [4.69, 9.17) is 11.5 Å². The first-order valence-electron chi connectivity index (χ1n) is 4.03. The van der Waals surface area contributed by atoms with Crippen molar-refractivity contribution in [2.24, 2.45) is 0 Å². The molecule has 0 aliphatic heterocycles. The Labute approximate surface area is 105 Å². The van der Waals surface area contributed by atoms with Gasteiger partial charge < -0.3 is 21.1 Å². The molecule has 0 aromatic carbocycles. The largest absolute Gasteiger partial charge is 0.668 e. The van der Waals surface area contributed by atoms with Crippen molar-refractivity contribution in [2.45, 2.75) is 39.5 Å². The van der Waals surface area contributed by atoms with E-state index < -0.39 is 11.8 Å². The Morgan fingerprint density at radius 2 is 1.15 bits per heavy atom. The molecule has 75 valence electrons. The Morgan fingerprint density at radius 1 is 0.923 bits per heavy atom. The summed E-state index contributed by atoms with van der Waals surface area (Å²) < 4.78 is 0. The Kier molecular flexibility index (Phi) is 21.0. The number of hydrogen-bond acceptors (Lipinski definition) is 2. The van der Waals surface area contributed by atoms with Crippen LogP contribution in [0.15, 0.2) is 0 Å². The molecule has 0 atom stereocenters. The van der Waals surface area contributed by atoms with Gasteiger partial charge in [-0.2, -0.15) is 0 Å². The second-order valence-corrected chi connectivity index (χ2v) is 2.35. The van der Waals surface area contributed by atoms with Gasteiger partial charge in [-0.1, -0.05) is 26.7 Å². The molecule has 0 saturated heterocycles. The molecule has 0 aliphatic rings. The maximum Gasteiger partial charge on any atom is 0.0487 e. The molecule has 0 unspecified atom stereocenters. The Bertz CT molecular complexity index is 124. The Hall–Kier alpha value is 0.0439. The standard InChI is InChI=1S/2C4H9NO.Y/c2*1-2-3-4(5)6;/h2*2-3H2,1H3,(H2,5,6);/p-2. The van der Waals surface area contributed by atoms with Gasteiger partial charge in [0.05, 0.1) is 0 Å². The van der Waals surface area contributed by atoms with E-state index in [1.807, 2.05) is 13.8 Å². The number of amides is 2. The molecule has 2 amide bonds. The van der Waals surface area contributed by atoms with Gasteiger partial charge >= 0.3 is 0 Å². The van der Waals surface area contributed by atoms with Gasteiger partial charge in [0.15, 0.2) is 0 Å². The van der Waals surface area contributed by atoms with Crippen molar-refractivity contribution in [3.05, 3.63) is 11.5 Å². The van der Waals surface area contributed by atoms with Crippen LogP contribution in [0.1, 0.15) is 39.5 Å². The van der Waals surface area contributed by atoms with Crippen LogP contribution < -0.4 is 0 Å². The minimum absolute atomic E-state index is 0. The van der Waals surface area contributed by atoms with Crippen LogP contribution in [-0.4, -0.2) is 11.8 Å². The van der Waals surface area contributed by atoms with Gasteiger partial charge in [-0.25, -0.2) is 0 Å². The molecule has 5 heteroatoms. The van der Waals surface area contributed by atoms with E-state index in [0.717, 1.165) is 12.8 Å². The summed E-state index contributed by atoms with van der Waals surface area (Å²) >= 11 is 0. The van der Waals surface area contributed by atoms with Crippen LogP contribution in [0.5, 0.6) is 0 Å². The summed E-state index contributed by atoms with van der Waals surface area (Å²) in [6.07, 6.45) is 2.39. The zero-order valence-corrected chi connectivity index (χ0v) is 11.1. The van der Waals surface area contributed by atoms with E-state index in [9.17, 15) is 9.59 Å². The van der Waals surface area contributed by atoms with Gasteiger partial charge in [0, 0.05) is 44.5 Å². The van der Waals surface area contributed by atoms with E-state index in [1.165, 1.54) is 0 Å². The summed E-state index contributed by atoms with van der Waals surface area (Å²) in [5.41, 5.74) is 12.7. The fourth-order valence-corrected chi connectivity index (χ4v) is 0.454. The molecule has 0 aromatic rings. The molecule has 0 fully saturated rings. The molecule has 0 bridgehead atoms. The normalized spacial score (nSPS) is 7.54. The summed E-state index contributed by atoms with van der Waals surface area (Å²) in [7, 11) is 0. The van der Waals surface area contributed by atoms with Gasteiger partial charge in [0.25, 0.3) is 0 Å². The predicted octanol–water partition coefficient (Wildman–Crippen LogP) is 2.73. The summed E-state index contributed by atoms with van der Waals surface area (Å²) in [6.45, 7) is 3.76. The number of carbonyl (C=O) groups excluding carboxylic acids is 2. The molecular formula is C8H16N2O2Y-2. The first kappa shape index (κ1) is 18.8. The van der Waals surface area contributed by atoms with Crippen LogP contribution in [0.4, 0.5) is 0 Å². The molecule has 0 rings (SSSR count). The minimum atomic E-state index is -0.461. The molecule has 13 heavy (non-hydrogen) atoms. The summed E-state index contributed by atoms with van der Waals surface area (Å²) in [5, 5.41) is 0. The minimum Gasteiger partial charge on any atom is -0.668 e. The van der Waals surface area contributed by atoms with Crippen molar-refractivity contribution < 1.29 is 42.3 Å². The number of rotatable bonds is 4. The van der Waals surface area contributed by atoms with Crippen molar-refractivity contribution in [3.8, 4) is 0 Å². The van der Waals surface area contributed by atoms with Gasteiger partial charge in [-0.05, 0) is 12.8 Å². The van der Waals surface area contributed by atoms with Crippen molar-refractivity contribution in [1.29, 1.82) is 0 Å². The molecule has 0 spiro atoms. The topological polar surface area (TPSA) is 81.7 Å². The average molecular weight is 261 g/mol. The monoisotopic (exact) mass is 261 g/mol. The van der Waals surface area contributed by atoms with Crippen LogP contribution in [0.3, 0.4) is 0 Å². The Balaban J connectivity index is -0.000000143. The Morgan fingerprint density at radius 3 is 1.15 bits per heavy atom. The van der Waals surface area contributed by atoms with Gasteiger partial charge in [-0.3, -0.25) is 0 Å². The van der Waals surface area contributed by atoms with Gasteiger partial charge in [0.1, 0.15) is 0 Å². The molecule has 2 N–H and O–H groups in total. The molecule has 0 heterocycles. The van der Waals surface area contributed by atoms with E-state index in [0.29, 0.717) is 12.8 Å². The maximum absolute atomic E-state index is 9.71. The van der Waals surface area contributed by atoms with E-state index >= 15 is 0 Å². The quantitative estimate of drug-likeness (QED) is 0.779. The van der Waals surface area contributed by atoms with Crippen molar-refractivity contribution >= 4 is 11.8 Å². The second-order valence-electron chi connectivity index (χ2n) is 2.35. The summed E-state index contributed by atoms with van der Waals surface area (Å²) in [6, 6.07) is 0. The van der Waals surface area contributed by atoms with Crippen LogP contribution in [0.2, 0.25) is 0 Å². The van der Waals surface area contributed by atoms with E-state index in [-0.39, 0.29) is 32.7 Å². The van der Waals surface area contributed by atoms with Gasteiger partial charge in [-0.15, -0.1) is 0 Å². The molecule has 0 aromatic heterocycles. The van der Waals surface area contributed by atoms with Gasteiger partial charge in [0.2, 0.25) is 0 Å². The third-order valence-electron chi connectivity index (χ3n) is 0.954. The molecule has 0 aliphatic carbocycles. The second kappa shape index (κ2) is 14.6. The van der Waals surface area contributed by atoms with Crippen LogP contribution in [0, 0.1) is 0 Å². The van der Waals surface area contributed by atoms with E-state index in [1.54, 1.807) is 0 Å². The molecule has 4 nitrogen and oxygen atoms in total. The third-order valence-corrected chi connectivity index (χ3v) is 0.954. The number of nitrogens with one attached hydrogen (secondary N) is 2. The van der Waals surface area contributed by atoms with Crippen molar-refractivity contribution in [2.75, 3.05) is 0 Å². The summed E-state index contributed by atoms with van der Waals surface area (Å²) in [5.74, 6) is -0.921. The molecular weight excluding hydrogens is 245 g/mol. The maximum atomic E-state index is 9.71. The van der Waals surface area contributed by atoms with Crippen molar-refractivity contribution in [3.63, 3.8) is 0 Å². The number of hydrogen-bond donors (Lipinski definition) is 0. The molecule has 1 radical (unpaired) electrons. The third kappa shape index (κ3) is 33.3. The smallest absolute Gasteiger partial charge is 0.0487 e.